The van der Waals surface area contributed by atoms with Crippen LogP contribution in [0, 0.1) is 6.92 Å². The molecule has 0 saturated heterocycles. The van der Waals surface area contributed by atoms with Crippen LogP contribution in [-0.2, 0) is 15.4 Å². The van der Waals surface area contributed by atoms with Crippen molar-refractivity contribution >= 4 is 38.4 Å². The second kappa shape index (κ2) is 10.5. The Morgan fingerprint density at radius 1 is 0.825 bits per heavy atom. The number of fused-ring (bicyclic) bond motifs is 1. The van der Waals surface area contributed by atoms with E-state index < -0.39 is 16.1 Å². The molecule has 0 radical (unpaired) electrons. The molecule has 0 bridgehead atoms. The third-order valence-corrected chi connectivity index (χ3v) is 8.00. The number of ether oxygens (including phenoxy) is 1. The topological polar surface area (TPSA) is 100 Å². The average molecular weight is 554 g/mol. The van der Waals surface area contributed by atoms with Crippen molar-refractivity contribution in [2.75, 3.05) is 10.0 Å². The Bertz CT molecular complexity index is 1770. The van der Waals surface area contributed by atoms with E-state index in [1.165, 1.54) is 0 Å². The van der Waals surface area contributed by atoms with E-state index in [9.17, 15) is 13.2 Å². The van der Waals surface area contributed by atoms with Crippen molar-refractivity contribution in [3.63, 3.8) is 0 Å². The highest BCUT2D eigenvalue weighted by molar-refractivity contribution is 7.92. The Labute approximate surface area is 234 Å². The van der Waals surface area contributed by atoms with E-state index in [4.69, 9.17) is 4.74 Å². The highest BCUT2D eigenvalue weighted by atomic mass is 32.2. The van der Waals surface area contributed by atoms with Gasteiger partial charge < -0.3 is 9.72 Å². The summed E-state index contributed by atoms with van der Waals surface area (Å²) < 4.78 is 34.8. The lowest BCUT2D eigenvalue weighted by atomic mass is 9.87. The minimum Gasteiger partial charge on any atom is -0.392 e. The monoisotopic (exact) mass is 553 g/mol. The van der Waals surface area contributed by atoms with Crippen LogP contribution in [0.25, 0.3) is 22.0 Å². The minimum atomic E-state index is -3.83. The summed E-state index contributed by atoms with van der Waals surface area (Å²) in [7, 11) is -3.83. The van der Waals surface area contributed by atoms with Crippen LogP contribution in [-0.4, -0.2) is 19.5 Å². The van der Waals surface area contributed by atoms with Gasteiger partial charge in [0.25, 0.3) is 10.0 Å². The fraction of sp³-hybridized carbons (Fsp3) is 0.156. The fourth-order valence-corrected chi connectivity index (χ4v) is 5.47. The third kappa shape index (κ3) is 5.87. The largest absolute Gasteiger partial charge is 0.418 e. The van der Waals surface area contributed by atoms with Gasteiger partial charge in [0.2, 0.25) is 5.88 Å². The van der Waals surface area contributed by atoms with Crippen molar-refractivity contribution in [3.8, 4) is 17.0 Å². The number of aromatic amines is 1. The summed E-state index contributed by atoms with van der Waals surface area (Å²) in [5.41, 5.74) is 5.18. The van der Waals surface area contributed by atoms with Gasteiger partial charge in [-0.1, -0.05) is 80.9 Å². The Hall–Kier alpha value is -4.56. The molecule has 0 saturated carbocycles. The van der Waals surface area contributed by atoms with Crippen molar-refractivity contribution in [2.45, 2.75) is 38.0 Å². The van der Waals surface area contributed by atoms with Crippen LogP contribution in [0.4, 0.5) is 16.2 Å². The maximum absolute atomic E-state index is 13.2. The third-order valence-electron chi connectivity index (χ3n) is 6.60. The van der Waals surface area contributed by atoms with E-state index in [0.717, 1.165) is 16.7 Å². The molecule has 1 heterocycles. The zero-order valence-corrected chi connectivity index (χ0v) is 23.6. The average Bonchev–Trinajstić information content (AvgIpc) is 3.26. The first-order valence-corrected chi connectivity index (χ1v) is 14.4. The van der Waals surface area contributed by atoms with Crippen molar-refractivity contribution < 1.29 is 17.9 Å². The van der Waals surface area contributed by atoms with Gasteiger partial charge in [-0.3, -0.25) is 10.0 Å². The Morgan fingerprint density at radius 2 is 1.48 bits per heavy atom. The number of aromatic nitrogens is 1. The van der Waals surface area contributed by atoms with Gasteiger partial charge in [-0.15, -0.1) is 0 Å². The van der Waals surface area contributed by atoms with Gasteiger partial charge in [0, 0.05) is 22.3 Å². The number of carbonyl (C=O) groups is 1. The summed E-state index contributed by atoms with van der Waals surface area (Å²) in [5, 5.41) is 3.44. The number of hydrogen-bond acceptors (Lipinski definition) is 4. The van der Waals surface area contributed by atoms with Crippen LogP contribution < -0.4 is 14.8 Å². The molecule has 1 aromatic heterocycles. The van der Waals surface area contributed by atoms with Crippen molar-refractivity contribution in [1.82, 2.24) is 4.98 Å². The second-order valence-corrected chi connectivity index (χ2v) is 12.4. The van der Waals surface area contributed by atoms with Gasteiger partial charge in [-0.25, -0.2) is 13.2 Å². The van der Waals surface area contributed by atoms with Crippen molar-refractivity contribution in [2.24, 2.45) is 0 Å². The molecule has 0 atom stereocenters. The maximum Gasteiger partial charge on any atom is 0.418 e. The van der Waals surface area contributed by atoms with Crippen LogP contribution in [0.3, 0.4) is 0 Å². The molecule has 4 aromatic carbocycles. The van der Waals surface area contributed by atoms with Crippen LogP contribution in [0.15, 0.2) is 102 Å². The number of benzene rings is 4. The van der Waals surface area contributed by atoms with Gasteiger partial charge in [0.15, 0.2) is 0 Å². The van der Waals surface area contributed by atoms with Crippen LogP contribution in [0.5, 0.6) is 5.88 Å². The number of rotatable bonds is 6. The fourth-order valence-electron chi connectivity index (χ4n) is 4.42. The van der Waals surface area contributed by atoms with Crippen LogP contribution >= 0.6 is 0 Å². The van der Waals surface area contributed by atoms with E-state index in [1.54, 1.807) is 42.5 Å². The van der Waals surface area contributed by atoms with Gasteiger partial charge in [0.05, 0.1) is 10.5 Å². The highest BCUT2D eigenvalue weighted by Crippen LogP contribution is 2.39. The number of nitrogens with one attached hydrogen (secondary N) is 3. The first-order chi connectivity index (χ1) is 19.0. The molecule has 0 aliphatic carbocycles. The molecule has 3 N–H and O–H groups in total. The first-order valence-electron chi connectivity index (χ1n) is 12.9. The van der Waals surface area contributed by atoms with E-state index in [0.29, 0.717) is 27.8 Å². The predicted octanol–water partition coefficient (Wildman–Crippen LogP) is 7.85. The summed E-state index contributed by atoms with van der Waals surface area (Å²) >= 11 is 0. The van der Waals surface area contributed by atoms with Gasteiger partial charge in [-0.2, -0.15) is 0 Å². The zero-order valence-electron chi connectivity index (χ0n) is 22.8. The summed E-state index contributed by atoms with van der Waals surface area (Å²) in [6, 6.07) is 28.9. The normalized spacial score (nSPS) is 11.8. The molecule has 0 unspecified atom stereocenters. The standard InChI is InChI=1S/C32H31N3O4S/c1-21-10-14-24(15-11-21)33-31(36)39-30-29(22-8-6-5-7-9-22)27-20-25(16-19-28(27)34-30)35-40(37,38)26-17-12-23(13-18-26)32(2,3)4/h5-20,34-35H,1-4H3,(H,33,36). The van der Waals surface area contributed by atoms with Gasteiger partial charge >= 0.3 is 6.09 Å². The molecule has 5 aromatic rings. The molecule has 5 rings (SSSR count). The van der Waals surface area contributed by atoms with Gasteiger partial charge in [0.1, 0.15) is 0 Å². The molecule has 204 valence electrons. The molecular weight excluding hydrogens is 522 g/mol. The molecule has 0 aliphatic heterocycles. The van der Waals surface area contributed by atoms with Gasteiger partial charge in [-0.05, 0) is 65.9 Å². The molecule has 7 nitrogen and oxygen atoms in total. The summed E-state index contributed by atoms with van der Waals surface area (Å²) in [4.78, 5) is 16.1. The van der Waals surface area contributed by atoms with Crippen molar-refractivity contribution in [1.29, 1.82) is 0 Å². The molecular formula is C32H31N3O4S. The molecule has 0 fully saturated rings. The Morgan fingerprint density at radius 3 is 2.12 bits per heavy atom. The number of amides is 1. The number of hydrogen-bond donors (Lipinski definition) is 3. The number of sulfonamides is 1. The number of aryl methyl sites for hydroxylation is 1. The Balaban J connectivity index is 1.47. The maximum atomic E-state index is 13.2. The van der Waals surface area contributed by atoms with Crippen molar-refractivity contribution in [3.05, 3.63) is 108 Å². The number of anilines is 2. The van der Waals surface area contributed by atoms with Crippen LogP contribution in [0.1, 0.15) is 31.9 Å². The highest BCUT2D eigenvalue weighted by Gasteiger charge is 2.21. The molecule has 1 amide bonds. The summed E-state index contributed by atoms with van der Waals surface area (Å²) in [5.74, 6) is 0.253. The second-order valence-electron chi connectivity index (χ2n) is 10.7. The lowest BCUT2D eigenvalue weighted by Gasteiger charge is -2.19. The first kappa shape index (κ1) is 27.0. The zero-order chi connectivity index (χ0) is 28.5. The molecule has 40 heavy (non-hydrogen) atoms. The van der Waals surface area contributed by atoms with E-state index in [1.807, 2.05) is 61.5 Å². The van der Waals surface area contributed by atoms with E-state index in [2.05, 4.69) is 35.8 Å². The predicted molar refractivity (Wildman–Crippen MR) is 161 cm³/mol. The summed E-state index contributed by atoms with van der Waals surface area (Å²) in [6.45, 7) is 8.20. The Kier molecular flexibility index (Phi) is 7.12. The molecule has 0 spiro atoms. The number of carbonyl (C=O) groups excluding carboxylic acids is 1. The SMILES string of the molecule is Cc1ccc(NC(=O)Oc2[nH]c3ccc(NS(=O)(=O)c4ccc(C(C)(C)C)cc4)cc3c2-c2ccccc2)cc1. The quantitative estimate of drug-likeness (QED) is 0.199. The lowest BCUT2D eigenvalue weighted by Crippen LogP contribution is -2.17. The van der Waals surface area contributed by atoms with Crippen LogP contribution in [0.2, 0.25) is 0 Å². The molecule has 8 heteroatoms. The lowest BCUT2D eigenvalue weighted by molar-refractivity contribution is 0.214. The van der Waals surface area contributed by atoms with E-state index in [-0.39, 0.29) is 16.2 Å². The number of H-pyrrole nitrogens is 1. The molecule has 0 aliphatic rings. The summed E-state index contributed by atoms with van der Waals surface area (Å²) in [6.07, 6.45) is -0.646. The minimum absolute atomic E-state index is 0.0836. The van der Waals surface area contributed by atoms with E-state index >= 15 is 0 Å². The smallest absolute Gasteiger partial charge is 0.392 e.